The summed E-state index contributed by atoms with van der Waals surface area (Å²) in [4.78, 5) is 34.7. The molecule has 0 unspecified atom stereocenters. The Kier molecular flexibility index (Phi) is 6.94. The van der Waals surface area contributed by atoms with Crippen molar-refractivity contribution in [3.8, 4) is 0 Å². The van der Waals surface area contributed by atoms with Gasteiger partial charge in [0.2, 0.25) is 11.8 Å². The zero-order valence-electron chi connectivity index (χ0n) is 19.2. The molecule has 1 N–H and O–H groups in total. The number of benzene rings is 1. The molecular weight excluding hydrogens is 390 g/mol. The number of nitrogens with one attached hydrogen (secondary N) is 1. The van der Waals surface area contributed by atoms with Crippen LogP contribution in [-0.2, 0) is 16.1 Å². The maximum Gasteiger partial charge on any atom is 0.239 e. The van der Waals surface area contributed by atoms with Gasteiger partial charge in [-0.15, -0.1) is 0 Å². The molecule has 1 aromatic rings. The third kappa shape index (κ3) is 5.10. The van der Waals surface area contributed by atoms with Crippen LogP contribution in [-0.4, -0.2) is 103 Å². The number of piperazine rings is 1. The van der Waals surface area contributed by atoms with Gasteiger partial charge in [0.1, 0.15) is 6.04 Å². The minimum atomic E-state index is -0.121. The molecule has 3 atom stereocenters. The van der Waals surface area contributed by atoms with Gasteiger partial charge in [-0.1, -0.05) is 29.8 Å². The summed E-state index contributed by atoms with van der Waals surface area (Å²) in [7, 11) is 4.24. The van der Waals surface area contributed by atoms with Crippen LogP contribution >= 0.6 is 0 Å². The van der Waals surface area contributed by atoms with E-state index in [1.807, 2.05) is 4.90 Å². The molecule has 4 rings (SSSR count). The quantitative estimate of drug-likeness (QED) is 0.758. The van der Waals surface area contributed by atoms with Gasteiger partial charge < -0.3 is 15.1 Å². The van der Waals surface area contributed by atoms with Crippen LogP contribution in [0.1, 0.15) is 30.4 Å². The largest absolute Gasteiger partial charge is 0.353 e. The molecule has 31 heavy (non-hydrogen) atoms. The van der Waals surface area contributed by atoms with E-state index in [0.29, 0.717) is 13.0 Å². The maximum absolute atomic E-state index is 13.0. The van der Waals surface area contributed by atoms with Gasteiger partial charge in [0.05, 0.1) is 0 Å². The summed E-state index contributed by atoms with van der Waals surface area (Å²) < 4.78 is 0. The van der Waals surface area contributed by atoms with Crippen molar-refractivity contribution in [1.29, 1.82) is 0 Å². The van der Waals surface area contributed by atoms with Gasteiger partial charge in [0.25, 0.3) is 0 Å². The predicted octanol–water partition coefficient (Wildman–Crippen LogP) is 0.922. The smallest absolute Gasteiger partial charge is 0.239 e. The Morgan fingerprint density at radius 2 is 1.77 bits per heavy atom. The minimum absolute atomic E-state index is 0.121. The summed E-state index contributed by atoms with van der Waals surface area (Å²) >= 11 is 0. The molecule has 0 aliphatic carbocycles. The van der Waals surface area contributed by atoms with Crippen molar-refractivity contribution >= 4 is 11.8 Å². The van der Waals surface area contributed by atoms with Gasteiger partial charge in [0.15, 0.2) is 0 Å². The first-order valence-corrected chi connectivity index (χ1v) is 11.7. The van der Waals surface area contributed by atoms with Crippen LogP contribution in [0, 0.1) is 6.92 Å². The van der Waals surface area contributed by atoms with E-state index >= 15 is 0 Å². The third-order valence-corrected chi connectivity index (χ3v) is 7.40. The first-order chi connectivity index (χ1) is 14.9. The molecule has 0 aromatic heterocycles. The summed E-state index contributed by atoms with van der Waals surface area (Å²) in [6, 6.07) is 8.88. The van der Waals surface area contributed by atoms with Crippen LogP contribution in [0.2, 0.25) is 0 Å². The average Bonchev–Trinajstić information content (AvgIpc) is 3.13. The van der Waals surface area contributed by atoms with Crippen molar-refractivity contribution in [2.24, 2.45) is 0 Å². The molecule has 3 heterocycles. The topological polar surface area (TPSA) is 59.1 Å². The average molecular weight is 428 g/mol. The van der Waals surface area contributed by atoms with Crippen molar-refractivity contribution < 1.29 is 9.59 Å². The van der Waals surface area contributed by atoms with Crippen molar-refractivity contribution in [2.75, 3.05) is 53.4 Å². The summed E-state index contributed by atoms with van der Waals surface area (Å²) in [5, 5.41) is 3.18. The fraction of sp³-hybridized carbons (Fsp3) is 0.667. The van der Waals surface area contributed by atoms with Crippen LogP contribution in [0.3, 0.4) is 0 Å². The number of nitrogens with zero attached hydrogens (tertiary/aromatic N) is 4. The Hall–Kier alpha value is -1.96. The van der Waals surface area contributed by atoms with Gasteiger partial charge in [-0.25, -0.2) is 0 Å². The van der Waals surface area contributed by atoms with Crippen molar-refractivity contribution in [3.63, 3.8) is 0 Å². The molecule has 2 amide bonds. The van der Waals surface area contributed by atoms with Crippen molar-refractivity contribution in [3.05, 3.63) is 35.4 Å². The first-order valence-electron chi connectivity index (χ1n) is 11.7. The van der Waals surface area contributed by atoms with E-state index in [2.05, 4.69) is 65.3 Å². The number of hydrogen-bond donors (Lipinski definition) is 1. The number of likely N-dealkylation sites (N-methyl/N-ethyl adjacent to an activating group) is 2. The number of rotatable bonds is 5. The molecule has 0 spiro atoms. The van der Waals surface area contributed by atoms with Crippen LogP contribution in [0.15, 0.2) is 24.3 Å². The van der Waals surface area contributed by atoms with Crippen LogP contribution in [0.25, 0.3) is 0 Å². The molecule has 1 aromatic carbocycles. The SMILES string of the molecule is Cc1ccc(CN2CC[C@@H]3[C@H]2C(=O)NC[C@H](CCC(=O)N2CCN(C)CC2)N3C)cc1. The molecule has 7 nitrogen and oxygen atoms in total. The number of likely N-dealkylation sites (tertiary alicyclic amines) is 1. The zero-order chi connectivity index (χ0) is 22.0. The number of carbonyl (C=O) groups excluding carboxylic acids is 2. The molecule has 170 valence electrons. The standard InChI is InChI=1S/C24H37N5O2/c1-18-4-6-19(7-5-18)17-29-11-10-21-23(29)24(31)25-16-20(27(21)3)8-9-22(30)28-14-12-26(2)13-15-28/h4-7,20-21,23H,8-17H2,1-3H3,(H,25,31)/t20-,21+,23-/m0/s1. The van der Waals surface area contributed by atoms with E-state index < -0.39 is 0 Å². The highest BCUT2D eigenvalue weighted by atomic mass is 16.2. The fourth-order valence-corrected chi connectivity index (χ4v) is 5.26. The number of fused-ring (bicyclic) bond motifs is 1. The lowest BCUT2D eigenvalue weighted by Gasteiger charge is -2.35. The van der Waals surface area contributed by atoms with Crippen LogP contribution < -0.4 is 5.32 Å². The summed E-state index contributed by atoms with van der Waals surface area (Å²) in [6.45, 7) is 7.99. The van der Waals surface area contributed by atoms with Gasteiger partial charge in [-0.2, -0.15) is 0 Å². The summed E-state index contributed by atoms with van der Waals surface area (Å²) in [5.74, 6) is 0.385. The van der Waals surface area contributed by atoms with Gasteiger partial charge >= 0.3 is 0 Å². The summed E-state index contributed by atoms with van der Waals surface area (Å²) in [6.07, 6.45) is 2.34. The van der Waals surface area contributed by atoms with Gasteiger partial charge in [0, 0.05) is 64.3 Å². The van der Waals surface area contributed by atoms with Crippen molar-refractivity contribution in [1.82, 2.24) is 24.9 Å². The molecule has 0 radical (unpaired) electrons. The zero-order valence-corrected chi connectivity index (χ0v) is 19.2. The highest BCUT2D eigenvalue weighted by Gasteiger charge is 2.44. The van der Waals surface area contributed by atoms with E-state index in [9.17, 15) is 9.59 Å². The number of hydrogen-bond acceptors (Lipinski definition) is 5. The highest BCUT2D eigenvalue weighted by molar-refractivity contribution is 5.83. The summed E-state index contributed by atoms with van der Waals surface area (Å²) in [5.41, 5.74) is 2.50. The van der Waals surface area contributed by atoms with Crippen LogP contribution in [0.4, 0.5) is 0 Å². The molecule has 0 bridgehead atoms. The molecule has 3 saturated heterocycles. The Morgan fingerprint density at radius 3 is 2.48 bits per heavy atom. The Balaban J connectivity index is 1.35. The third-order valence-electron chi connectivity index (χ3n) is 7.40. The molecule has 7 heteroatoms. The predicted molar refractivity (Wildman–Crippen MR) is 122 cm³/mol. The number of aryl methyl sites for hydroxylation is 1. The molecule has 3 aliphatic heterocycles. The Morgan fingerprint density at radius 1 is 1.06 bits per heavy atom. The monoisotopic (exact) mass is 427 g/mol. The number of carbonyl (C=O) groups is 2. The second-order valence-corrected chi connectivity index (χ2v) is 9.54. The van der Waals surface area contributed by atoms with E-state index in [-0.39, 0.29) is 29.9 Å². The Bertz CT molecular complexity index is 775. The van der Waals surface area contributed by atoms with E-state index in [4.69, 9.17) is 0 Å². The van der Waals surface area contributed by atoms with E-state index in [0.717, 1.165) is 52.1 Å². The second kappa shape index (κ2) is 9.67. The first kappa shape index (κ1) is 22.2. The second-order valence-electron chi connectivity index (χ2n) is 9.54. The van der Waals surface area contributed by atoms with E-state index in [1.165, 1.54) is 11.1 Å². The van der Waals surface area contributed by atoms with E-state index in [1.54, 1.807) is 0 Å². The normalized spacial score (nSPS) is 28.3. The number of amides is 2. The Labute approximate surface area is 186 Å². The maximum atomic E-state index is 13.0. The lowest BCUT2D eigenvalue weighted by Crippen LogP contribution is -2.50. The lowest BCUT2D eigenvalue weighted by atomic mass is 10.0. The van der Waals surface area contributed by atoms with Gasteiger partial charge in [-0.3, -0.25) is 19.4 Å². The fourth-order valence-electron chi connectivity index (χ4n) is 5.26. The van der Waals surface area contributed by atoms with Gasteiger partial charge in [-0.05, 0) is 39.4 Å². The van der Waals surface area contributed by atoms with Crippen LogP contribution in [0.5, 0.6) is 0 Å². The van der Waals surface area contributed by atoms with Crippen molar-refractivity contribution in [2.45, 2.75) is 50.9 Å². The molecule has 0 saturated carbocycles. The molecule has 3 fully saturated rings. The minimum Gasteiger partial charge on any atom is -0.353 e. The molecule has 3 aliphatic rings. The molecular formula is C24H37N5O2. The highest BCUT2D eigenvalue weighted by Crippen LogP contribution is 2.28. The lowest BCUT2D eigenvalue weighted by molar-refractivity contribution is -0.133.